The fourth-order valence-corrected chi connectivity index (χ4v) is 3.13. The van der Waals surface area contributed by atoms with Crippen molar-refractivity contribution in [1.29, 1.82) is 0 Å². The summed E-state index contributed by atoms with van der Waals surface area (Å²) in [5.74, 6) is 0.608. The molecule has 0 saturated carbocycles. The highest BCUT2D eigenvalue weighted by molar-refractivity contribution is 5.85. The molecule has 1 N–H and O–H groups in total. The van der Waals surface area contributed by atoms with E-state index in [1.807, 2.05) is 0 Å². The Morgan fingerprint density at radius 3 is 2.72 bits per heavy atom. The molecule has 3 rings (SSSR count). The Bertz CT molecular complexity index is 587. The van der Waals surface area contributed by atoms with E-state index in [-0.39, 0.29) is 0 Å². The molecule has 1 heteroatoms. The van der Waals surface area contributed by atoms with Crippen molar-refractivity contribution in [2.24, 2.45) is 5.41 Å². The number of nitrogens with one attached hydrogen (secondary N) is 1. The molecule has 1 heterocycles. The lowest BCUT2D eigenvalue weighted by Gasteiger charge is -2.29. The molecule has 0 fully saturated rings. The number of fused-ring (bicyclic) bond motifs is 3. The van der Waals surface area contributed by atoms with Crippen molar-refractivity contribution in [1.82, 2.24) is 4.98 Å². The van der Waals surface area contributed by atoms with Gasteiger partial charge in [-0.2, -0.15) is 0 Å². The van der Waals surface area contributed by atoms with Crippen LogP contribution >= 0.6 is 0 Å². The van der Waals surface area contributed by atoms with Crippen molar-refractivity contribution in [2.75, 3.05) is 0 Å². The number of aromatic amines is 1. The first kappa shape index (κ1) is 11.8. The third kappa shape index (κ3) is 1.86. The van der Waals surface area contributed by atoms with Gasteiger partial charge < -0.3 is 4.98 Å². The zero-order chi connectivity index (χ0) is 12.9. The number of hydrogen-bond donors (Lipinski definition) is 1. The lowest BCUT2D eigenvalue weighted by Crippen LogP contribution is -2.21. The van der Waals surface area contributed by atoms with Crippen molar-refractivity contribution in [3.8, 4) is 0 Å². The van der Waals surface area contributed by atoms with Crippen LogP contribution in [0.15, 0.2) is 18.2 Å². The summed E-state index contributed by atoms with van der Waals surface area (Å²) in [6.45, 7) is 9.32. The maximum absolute atomic E-state index is 3.62. The van der Waals surface area contributed by atoms with Gasteiger partial charge in [0.2, 0.25) is 0 Å². The maximum atomic E-state index is 3.62. The number of H-pyrrole nitrogens is 1. The first-order valence-electron chi connectivity index (χ1n) is 7.10. The zero-order valence-corrected chi connectivity index (χ0v) is 11.9. The molecule has 96 valence electrons. The number of aromatic nitrogens is 1. The Labute approximate surface area is 110 Å². The van der Waals surface area contributed by atoms with E-state index in [0.29, 0.717) is 11.3 Å². The maximum Gasteiger partial charge on any atom is 0.0459 e. The van der Waals surface area contributed by atoms with Gasteiger partial charge in [0, 0.05) is 16.6 Å². The second kappa shape index (κ2) is 3.88. The standard InChI is InChI=1S/C17H23N/c1-11(2)12-5-6-15-13(9-12)14-10-17(3,4)8-7-16(14)18-15/h5-6,9,11,18H,7-8,10H2,1-4H3. The van der Waals surface area contributed by atoms with E-state index in [9.17, 15) is 0 Å². The normalized spacial score (nSPS) is 18.3. The molecule has 1 nitrogen and oxygen atoms in total. The highest BCUT2D eigenvalue weighted by Crippen LogP contribution is 2.38. The molecule has 0 amide bonds. The van der Waals surface area contributed by atoms with Crippen LogP contribution in [0, 0.1) is 5.41 Å². The first-order valence-corrected chi connectivity index (χ1v) is 7.10. The summed E-state index contributed by atoms with van der Waals surface area (Å²) in [6, 6.07) is 6.92. The highest BCUT2D eigenvalue weighted by atomic mass is 14.7. The SMILES string of the molecule is CC(C)c1ccc2[nH]c3c(c2c1)CC(C)(C)CC3. The van der Waals surface area contributed by atoms with Crippen molar-refractivity contribution >= 4 is 10.9 Å². The molecular formula is C17H23N. The second-order valence-corrected chi connectivity index (χ2v) is 6.88. The number of hydrogen-bond acceptors (Lipinski definition) is 0. The average Bonchev–Trinajstić information content (AvgIpc) is 2.65. The van der Waals surface area contributed by atoms with Gasteiger partial charge in [-0.05, 0) is 53.9 Å². The van der Waals surface area contributed by atoms with Crippen LogP contribution in [0.5, 0.6) is 0 Å². The summed E-state index contributed by atoms with van der Waals surface area (Å²) in [5.41, 5.74) is 6.28. The van der Waals surface area contributed by atoms with Crippen LogP contribution in [0.25, 0.3) is 10.9 Å². The molecule has 1 aromatic heterocycles. The van der Waals surface area contributed by atoms with Crippen molar-refractivity contribution < 1.29 is 0 Å². The summed E-state index contributed by atoms with van der Waals surface area (Å²) in [6.07, 6.45) is 3.71. The van der Waals surface area contributed by atoms with Crippen LogP contribution in [-0.2, 0) is 12.8 Å². The molecule has 1 aromatic carbocycles. The number of aryl methyl sites for hydroxylation is 1. The van der Waals surface area contributed by atoms with Gasteiger partial charge in [0.1, 0.15) is 0 Å². The predicted octanol–water partition coefficient (Wildman–Crippen LogP) is 4.81. The smallest absolute Gasteiger partial charge is 0.0459 e. The first-order chi connectivity index (χ1) is 8.46. The van der Waals surface area contributed by atoms with Gasteiger partial charge in [0.15, 0.2) is 0 Å². The summed E-state index contributed by atoms with van der Waals surface area (Å²) in [7, 11) is 0. The molecule has 2 aromatic rings. The van der Waals surface area contributed by atoms with E-state index < -0.39 is 0 Å². The van der Waals surface area contributed by atoms with Gasteiger partial charge >= 0.3 is 0 Å². The largest absolute Gasteiger partial charge is 0.358 e. The molecule has 1 aliphatic carbocycles. The summed E-state index contributed by atoms with van der Waals surface area (Å²) in [4.78, 5) is 3.62. The fraction of sp³-hybridized carbons (Fsp3) is 0.529. The summed E-state index contributed by atoms with van der Waals surface area (Å²) < 4.78 is 0. The van der Waals surface area contributed by atoms with Crippen LogP contribution in [0.3, 0.4) is 0 Å². The summed E-state index contributed by atoms with van der Waals surface area (Å²) >= 11 is 0. The molecule has 0 aliphatic heterocycles. The lowest BCUT2D eigenvalue weighted by atomic mass is 9.76. The van der Waals surface area contributed by atoms with Crippen LogP contribution in [0.1, 0.15) is 56.9 Å². The molecular weight excluding hydrogens is 218 g/mol. The molecule has 0 saturated heterocycles. The van der Waals surface area contributed by atoms with Gasteiger partial charge in [-0.3, -0.25) is 0 Å². The molecule has 1 aliphatic rings. The van der Waals surface area contributed by atoms with Gasteiger partial charge in [0.25, 0.3) is 0 Å². The molecule has 0 unspecified atom stereocenters. The quantitative estimate of drug-likeness (QED) is 0.737. The fourth-order valence-electron chi connectivity index (χ4n) is 3.13. The van der Waals surface area contributed by atoms with E-state index in [0.717, 1.165) is 0 Å². The molecule has 18 heavy (non-hydrogen) atoms. The van der Waals surface area contributed by atoms with Gasteiger partial charge in [-0.1, -0.05) is 33.8 Å². The Hall–Kier alpha value is -1.24. The topological polar surface area (TPSA) is 15.8 Å². The third-order valence-electron chi connectivity index (χ3n) is 4.39. The van der Waals surface area contributed by atoms with E-state index in [2.05, 4.69) is 50.9 Å². The van der Waals surface area contributed by atoms with E-state index in [1.54, 1.807) is 5.56 Å². The highest BCUT2D eigenvalue weighted by Gasteiger charge is 2.27. The molecule has 0 bridgehead atoms. The monoisotopic (exact) mass is 241 g/mol. The van der Waals surface area contributed by atoms with Gasteiger partial charge in [-0.15, -0.1) is 0 Å². The van der Waals surface area contributed by atoms with Crippen molar-refractivity contribution in [2.45, 2.75) is 52.9 Å². The molecule has 0 radical (unpaired) electrons. The van der Waals surface area contributed by atoms with E-state index >= 15 is 0 Å². The Kier molecular flexibility index (Phi) is 2.55. The summed E-state index contributed by atoms with van der Waals surface area (Å²) in [5, 5.41) is 1.46. The van der Waals surface area contributed by atoms with Crippen LogP contribution in [0.4, 0.5) is 0 Å². The average molecular weight is 241 g/mol. The minimum atomic E-state index is 0.454. The zero-order valence-electron chi connectivity index (χ0n) is 11.9. The lowest BCUT2D eigenvalue weighted by molar-refractivity contribution is 0.315. The molecule has 0 spiro atoms. The Morgan fingerprint density at radius 2 is 2.00 bits per heavy atom. The number of rotatable bonds is 1. The van der Waals surface area contributed by atoms with Crippen LogP contribution in [-0.4, -0.2) is 4.98 Å². The predicted molar refractivity (Wildman–Crippen MR) is 78.2 cm³/mol. The van der Waals surface area contributed by atoms with E-state index in [1.165, 1.54) is 41.4 Å². The van der Waals surface area contributed by atoms with Crippen molar-refractivity contribution in [3.05, 3.63) is 35.0 Å². The molecule has 0 atom stereocenters. The Morgan fingerprint density at radius 1 is 1.22 bits per heavy atom. The van der Waals surface area contributed by atoms with Crippen molar-refractivity contribution in [3.63, 3.8) is 0 Å². The van der Waals surface area contributed by atoms with Gasteiger partial charge in [0.05, 0.1) is 0 Å². The minimum Gasteiger partial charge on any atom is -0.358 e. The Balaban J connectivity index is 2.17. The van der Waals surface area contributed by atoms with Gasteiger partial charge in [-0.25, -0.2) is 0 Å². The minimum absolute atomic E-state index is 0.454. The van der Waals surface area contributed by atoms with Crippen LogP contribution < -0.4 is 0 Å². The number of benzene rings is 1. The second-order valence-electron chi connectivity index (χ2n) is 6.88. The third-order valence-corrected chi connectivity index (χ3v) is 4.39. The van der Waals surface area contributed by atoms with E-state index in [4.69, 9.17) is 0 Å². The van der Waals surface area contributed by atoms with Crippen LogP contribution in [0.2, 0.25) is 0 Å².